The highest BCUT2D eigenvalue weighted by Gasteiger charge is 2.15. The number of carbonyl (C=O) groups excluding carboxylic acids is 1. The predicted molar refractivity (Wildman–Crippen MR) is 104 cm³/mol. The van der Waals surface area contributed by atoms with E-state index in [4.69, 9.17) is 16.0 Å². The summed E-state index contributed by atoms with van der Waals surface area (Å²) in [6.07, 6.45) is 0.819. The fraction of sp³-hybridized carbons (Fsp3) is 0.150. The van der Waals surface area contributed by atoms with Crippen molar-refractivity contribution in [3.8, 4) is 0 Å². The number of nitrogens with one attached hydrogen (secondary N) is 1. The van der Waals surface area contributed by atoms with Gasteiger partial charge in [0.25, 0.3) is 5.91 Å². The lowest BCUT2D eigenvalue weighted by Crippen LogP contribution is -2.12. The molecule has 0 saturated carbocycles. The Morgan fingerprint density at radius 2 is 1.81 bits per heavy atom. The highest BCUT2D eigenvalue weighted by atomic mass is 35.5. The molecule has 3 rings (SSSR count). The minimum atomic E-state index is -1.27. The number of para-hydroxylation sites is 1. The van der Waals surface area contributed by atoms with Crippen molar-refractivity contribution in [2.45, 2.75) is 24.0 Å². The van der Waals surface area contributed by atoms with E-state index in [1.807, 2.05) is 31.2 Å². The van der Waals surface area contributed by atoms with Crippen LogP contribution in [0, 0.1) is 0 Å². The van der Waals surface area contributed by atoms with Crippen LogP contribution in [0.4, 0.5) is 5.69 Å². The molecule has 0 radical (unpaired) electrons. The van der Waals surface area contributed by atoms with E-state index in [1.54, 1.807) is 36.4 Å². The molecular formula is C20H18ClNO3S. The Balaban J connectivity index is 1.68. The van der Waals surface area contributed by atoms with Crippen molar-refractivity contribution in [2.75, 3.05) is 5.32 Å². The fourth-order valence-electron chi connectivity index (χ4n) is 2.51. The van der Waals surface area contributed by atoms with Gasteiger partial charge in [-0.3, -0.25) is 9.00 Å². The van der Waals surface area contributed by atoms with E-state index in [-0.39, 0.29) is 17.4 Å². The fourth-order valence-corrected chi connectivity index (χ4v) is 3.66. The number of hydrogen-bond acceptors (Lipinski definition) is 3. The van der Waals surface area contributed by atoms with Crippen LogP contribution in [0.5, 0.6) is 0 Å². The van der Waals surface area contributed by atoms with Crippen LogP contribution in [0.15, 0.2) is 70.0 Å². The van der Waals surface area contributed by atoms with Gasteiger partial charge in [0.1, 0.15) is 5.76 Å². The number of halogens is 1. The Kier molecular flexibility index (Phi) is 5.91. The molecule has 1 aromatic heterocycles. The number of rotatable bonds is 6. The summed E-state index contributed by atoms with van der Waals surface area (Å²) in [5.74, 6) is 0.557. The molecule has 3 aromatic rings. The topological polar surface area (TPSA) is 59.3 Å². The molecule has 0 aliphatic rings. The van der Waals surface area contributed by atoms with Crippen LogP contribution in [-0.2, 0) is 23.0 Å². The lowest BCUT2D eigenvalue weighted by molar-refractivity contribution is 0.0995. The zero-order chi connectivity index (χ0) is 18.5. The minimum absolute atomic E-state index is 0.194. The van der Waals surface area contributed by atoms with Crippen LogP contribution in [0.3, 0.4) is 0 Å². The second-order valence-corrected chi connectivity index (χ2v) is 7.56. The summed E-state index contributed by atoms with van der Waals surface area (Å²) in [5, 5.41) is 3.45. The van der Waals surface area contributed by atoms with Crippen LogP contribution in [-0.4, -0.2) is 10.1 Å². The van der Waals surface area contributed by atoms with Crippen molar-refractivity contribution in [3.05, 3.63) is 82.8 Å². The van der Waals surface area contributed by atoms with Gasteiger partial charge in [-0.2, -0.15) is 0 Å². The Morgan fingerprint density at radius 1 is 1.08 bits per heavy atom. The van der Waals surface area contributed by atoms with E-state index < -0.39 is 10.8 Å². The molecule has 26 heavy (non-hydrogen) atoms. The molecular weight excluding hydrogens is 370 g/mol. The minimum Gasteiger partial charge on any atom is -0.455 e. The zero-order valence-electron chi connectivity index (χ0n) is 14.2. The number of furan rings is 1. The Bertz CT molecular complexity index is 934. The van der Waals surface area contributed by atoms with Crippen molar-refractivity contribution in [3.63, 3.8) is 0 Å². The van der Waals surface area contributed by atoms with E-state index >= 15 is 0 Å². The van der Waals surface area contributed by atoms with Gasteiger partial charge in [-0.25, -0.2) is 0 Å². The molecule has 1 N–H and O–H groups in total. The molecule has 4 nitrogen and oxygen atoms in total. The van der Waals surface area contributed by atoms with Crippen molar-refractivity contribution in [1.29, 1.82) is 0 Å². The van der Waals surface area contributed by atoms with Gasteiger partial charge in [0.15, 0.2) is 5.76 Å². The molecule has 134 valence electrons. The monoisotopic (exact) mass is 387 g/mol. The summed E-state index contributed by atoms with van der Waals surface area (Å²) in [6.45, 7) is 2.03. The quantitative estimate of drug-likeness (QED) is 0.643. The summed E-state index contributed by atoms with van der Waals surface area (Å²) in [7, 11) is -1.27. The molecule has 0 fully saturated rings. The largest absolute Gasteiger partial charge is 0.455 e. The summed E-state index contributed by atoms with van der Waals surface area (Å²) in [6, 6.07) is 17.7. The second-order valence-electron chi connectivity index (χ2n) is 5.67. The first kappa shape index (κ1) is 18.4. The average molecular weight is 388 g/mol. The average Bonchev–Trinajstić information content (AvgIpc) is 3.11. The molecule has 1 unspecified atom stereocenters. The third-order valence-corrected chi connectivity index (χ3v) is 5.48. The van der Waals surface area contributed by atoms with Gasteiger partial charge in [-0.15, -0.1) is 0 Å². The smallest absolute Gasteiger partial charge is 0.291 e. The predicted octanol–water partition coefficient (Wildman–Crippen LogP) is 5.06. The normalized spacial score (nSPS) is 11.9. The number of carbonyl (C=O) groups is 1. The van der Waals surface area contributed by atoms with E-state index in [2.05, 4.69) is 5.32 Å². The van der Waals surface area contributed by atoms with Gasteiger partial charge in [-0.05, 0) is 54.4 Å². The van der Waals surface area contributed by atoms with Crippen LogP contribution < -0.4 is 5.32 Å². The SMILES string of the molecule is CCc1ccccc1NC(=O)c1ccc(CS(=O)c2ccc(Cl)cc2)o1. The molecule has 1 heterocycles. The molecule has 2 aromatic carbocycles. The number of hydrogen-bond donors (Lipinski definition) is 1. The maximum absolute atomic E-state index is 12.4. The van der Waals surface area contributed by atoms with Crippen molar-refractivity contribution >= 4 is 34.0 Å². The maximum atomic E-state index is 12.4. The second kappa shape index (κ2) is 8.34. The number of benzene rings is 2. The van der Waals surface area contributed by atoms with E-state index in [0.29, 0.717) is 15.7 Å². The zero-order valence-corrected chi connectivity index (χ0v) is 15.8. The molecule has 1 amide bonds. The first-order chi connectivity index (χ1) is 12.6. The Labute approximate surface area is 159 Å². The standard InChI is InChI=1S/C20H18ClNO3S/c1-2-14-5-3-4-6-18(14)22-20(23)19-12-9-16(25-19)13-26(24)17-10-7-15(21)8-11-17/h3-12H,2,13H2,1H3,(H,22,23). The van der Waals surface area contributed by atoms with E-state index in [9.17, 15) is 9.00 Å². The van der Waals surface area contributed by atoms with Crippen LogP contribution in [0.1, 0.15) is 28.8 Å². The lowest BCUT2D eigenvalue weighted by atomic mass is 10.1. The first-order valence-corrected chi connectivity index (χ1v) is 9.88. The Hall–Kier alpha value is -2.37. The van der Waals surface area contributed by atoms with Crippen LogP contribution in [0.25, 0.3) is 0 Å². The molecule has 0 aliphatic heterocycles. The highest BCUT2D eigenvalue weighted by Crippen LogP contribution is 2.20. The summed E-state index contributed by atoms with van der Waals surface area (Å²) >= 11 is 5.84. The lowest BCUT2D eigenvalue weighted by Gasteiger charge is -2.08. The molecule has 0 aliphatic carbocycles. The van der Waals surface area contributed by atoms with Crippen molar-refractivity contribution in [2.24, 2.45) is 0 Å². The number of anilines is 1. The van der Waals surface area contributed by atoms with Gasteiger partial charge in [0.2, 0.25) is 0 Å². The first-order valence-electron chi connectivity index (χ1n) is 8.18. The summed E-state index contributed by atoms with van der Waals surface area (Å²) in [5.41, 5.74) is 1.82. The van der Waals surface area contributed by atoms with Crippen LogP contribution in [0.2, 0.25) is 5.02 Å². The van der Waals surface area contributed by atoms with Gasteiger partial charge < -0.3 is 9.73 Å². The van der Waals surface area contributed by atoms with Gasteiger partial charge >= 0.3 is 0 Å². The van der Waals surface area contributed by atoms with Crippen LogP contribution >= 0.6 is 11.6 Å². The van der Waals surface area contributed by atoms with E-state index in [1.165, 1.54) is 0 Å². The third-order valence-electron chi connectivity index (χ3n) is 3.88. The molecule has 0 saturated heterocycles. The van der Waals surface area contributed by atoms with Gasteiger partial charge in [0, 0.05) is 15.6 Å². The summed E-state index contributed by atoms with van der Waals surface area (Å²) < 4.78 is 18.0. The van der Waals surface area contributed by atoms with E-state index in [0.717, 1.165) is 17.7 Å². The van der Waals surface area contributed by atoms with Gasteiger partial charge in [-0.1, -0.05) is 36.7 Å². The number of aryl methyl sites for hydroxylation is 1. The molecule has 0 spiro atoms. The summed E-state index contributed by atoms with van der Waals surface area (Å²) in [4.78, 5) is 13.1. The molecule has 0 bridgehead atoms. The number of amides is 1. The molecule has 6 heteroatoms. The van der Waals surface area contributed by atoms with Gasteiger partial charge in [0.05, 0.1) is 16.6 Å². The Morgan fingerprint density at radius 3 is 2.54 bits per heavy atom. The molecule has 1 atom stereocenters. The van der Waals surface area contributed by atoms with Crippen molar-refractivity contribution in [1.82, 2.24) is 0 Å². The maximum Gasteiger partial charge on any atom is 0.291 e. The van der Waals surface area contributed by atoms with Crippen molar-refractivity contribution < 1.29 is 13.4 Å². The highest BCUT2D eigenvalue weighted by molar-refractivity contribution is 7.84. The third kappa shape index (κ3) is 4.42.